The molecule has 0 spiro atoms. The van der Waals surface area contributed by atoms with Gasteiger partial charge >= 0.3 is 12.0 Å². The summed E-state index contributed by atoms with van der Waals surface area (Å²) in [6, 6.07) is 8.38. The zero-order valence-electron chi connectivity index (χ0n) is 14.1. The van der Waals surface area contributed by atoms with E-state index in [1.165, 1.54) is 0 Å². The number of carbonyl (C=O) groups excluding carboxylic acids is 1. The van der Waals surface area contributed by atoms with Crippen LogP contribution in [-0.2, 0) is 4.74 Å². The zero-order chi connectivity index (χ0) is 17.1. The molecule has 0 N–H and O–H groups in total. The molecule has 132 valence electrons. The molecular weight excluding hydrogens is 320 g/mol. The van der Waals surface area contributed by atoms with Gasteiger partial charge in [0, 0.05) is 50.6 Å². The molecule has 0 radical (unpaired) electrons. The van der Waals surface area contributed by atoms with Gasteiger partial charge in [0.1, 0.15) is 6.10 Å². The Bertz CT molecular complexity index is 740. The molecule has 0 saturated carbocycles. The summed E-state index contributed by atoms with van der Waals surface area (Å²) in [7, 11) is 0. The number of likely N-dealkylation sites (tertiary alicyclic amines) is 1. The summed E-state index contributed by atoms with van der Waals surface area (Å²) in [5.41, 5.74) is 0.882. The third kappa shape index (κ3) is 3.66. The van der Waals surface area contributed by atoms with Crippen molar-refractivity contribution in [3.63, 3.8) is 0 Å². The second-order valence-corrected chi connectivity index (χ2v) is 6.40. The van der Waals surface area contributed by atoms with Gasteiger partial charge in [-0.15, -0.1) is 0 Å². The van der Waals surface area contributed by atoms with Crippen molar-refractivity contribution >= 4 is 16.9 Å². The first kappa shape index (κ1) is 16.1. The number of fused-ring (bicyclic) bond motifs is 1. The Morgan fingerprint density at radius 1 is 1.08 bits per heavy atom. The third-order valence-corrected chi connectivity index (χ3v) is 4.73. The van der Waals surface area contributed by atoms with Crippen molar-refractivity contribution in [3.8, 4) is 6.01 Å². The molecule has 0 bridgehead atoms. The van der Waals surface area contributed by atoms with Crippen molar-refractivity contribution in [2.75, 3.05) is 39.4 Å². The first-order valence-electron chi connectivity index (χ1n) is 8.79. The van der Waals surface area contributed by atoms with Gasteiger partial charge in [0.2, 0.25) is 0 Å². The predicted molar refractivity (Wildman–Crippen MR) is 92.5 cm³/mol. The largest absolute Gasteiger partial charge is 0.460 e. The van der Waals surface area contributed by atoms with Gasteiger partial charge < -0.3 is 19.3 Å². The van der Waals surface area contributed by atoms with Crippen molar-refractivity contribution in [1.29, 1.82) is 0 Å². The Hall–Kier alpha value is -2.41. The molecule has 25 heavy (non-hydrogen) atoms. The maximum Gasteiger partial charge on any atom is 0.320 e. The first-order valence-corrected chi connectivity index (χ1v) is 8.79. The van der Waals surface area contributed by atoms with E-state index in [2.05, 4.69) is 9.97 Å². The number of urea groups is 1. The van der Waals surface area contributed by atoms with Crippen LogP contribution in [0, 0.1) is 0 Å². The average molecular weight is 342 g/mol. The number of morpholine rings is 1. The zero-order valence-corrected chi connectivity index (χ0v) is 14.1. The van der Waals surface area contributed by atoms with Gasteiger partial charge in [0.15, 0.2) is 0 Å². The minimum absolute atomic E-state index is 0.0508. The van der Waals surface area contributed by atoms with Crippen LogP contribution in [0.1, 0.15) is 12.8 Å². The number of carbonyl (C=O) groups is 1. The Morgan fingerprint density at radius 2 is 1.80 bits per heavy atom. The molecule has 2 fully saturated rings. The number of nitrogens with zero attached hydrogens (tertiary/aromatic N) is 4. The fourth-order valence-corrected chi connectivity index (χ4v) is 3.28. The number of ether oxygens (including phenoxy) is 2. The Kier molecular flexibility index (Phi) is 4.65. The molecular formula is C18H22N4O3. The average Bonchev–Trinajstić information content (AvgIpc) is 2.69. The van der Waals surface area contributed by atoms with Gasteiger partial charge in [-0.1, -0.05) is 18.2 Å². The van der Waals surface area contributed by atoms with E-state index in [1.54, 1.807) is 6.20 Å². The van der Waals surface area contributed by atoms with Gasteiger partial charge in [-0.3, -0.25) is 0 Å². The van der Waals surface area contributed by atoms with Crippen molar-refractivity contribution in [2.45, 2.75) is 18.9 Å². The minimum Gasteiger partial charge on any atom is -0.460 e. The number of piperidine rings is 1. The molecule has 1 aromatic heterocycles. The van der Waals surface area contributed by atoms with Crippen molar-refractivity contribution in [1.82, 2.24) is 19.8 Å². The van der Waals surface area contributed by atoms with Gasteiger partial charge in [0.25, 0.3) is 0 Å². The topological polar surface area (TPSA) is 67.8 Å². The second kappa shape index (κ2) is 7.23. The van der Waals surface area contributed by atoms with Crippen LogP contribution in [-0.4, -0.2) is 71.3 Å². The van der Waals surface area contributed by atoms with Crippen LogP contribution < -0.4 is 4.74 Å². The van der Waals surface area contributed by atoms with Crippen molar-refractivity contribution < 1.29 is 14.3 Å². The summed E-state index contributed by atoms with van der Waals surface area (Å²) >= 11 is 0. The van der Waals surface area contributed by atoms with E-state index in [0.717, 1.165) is 23.7 Å². The molecule has 0 aliphatic carbocycles. The molecule has 1 aromatic carbocycles. The maximum absolute atomic E-state index is 12.5. The number of hydrogen-bond donors (Lipinski definition) is 0. The molecule has 7 nitrogen and oxygen atoms in total. The lowest BCUT2D eigenvalue weighted by atomic mass is 10.1. The van der Waals surface area contributed by atoms with Crippen molar-refractivity contribution in [2.24, 2.45) is 0 Å². The lowest BCUT2D eigenvalue weighted by Crippen LogP contribution is -2.51. The van der Waals surface area contributed by atoms with Crippen LogP contribution in [0.15, 0.2) is 30.5 Å². The van der Waals surface area contributed by atoms with Crippen LogP contribution in [0.2, 0.25) is 0 Å². The van der Waals surface area contributed by atoms with Crippen LogP contribution in [0.3, 0.4) is 0 Å². The number of benzene rings is 1. The summed E-state index contributed by atoms with van der Waals surface area (Å²) in [5.74, 6) is 0. The molecule has 2 aliphatic heterocycles. The highest BCUT2D eigenvalue weighted by Gasteiger charge is 2.28. The molecule has 2 aromatic rings. The monoisotopic (exact) mass is 342 g/mol. The summed E-state index contributed by atoms with van der Waals surface area (Å²) < 4.78 is 11.2. The Morgan fingerprint density at radius 3 is 2.60 bits per heavy atom. The van der Waals surface area contributed by atoms with E-state index in [4.69, 9.17) is 9.47 Å². The minimum atomic E-state index is 0.0508. The SMILES string of the molecule is O=C(N1CCOCC1)N1CCC(Oc2ncc3ccccc3n2)CC1. The van der Waals surface area contributed by atoms with Crippen LogP contribution in [0.5, 0.6) is 6.01 Å². The highest BCUT2D eigenvalue weighted by Crippen LogP contribution is 2.19. The van der Waals surface area contributed by atoms with E-state index >= 15 is 0 Å². The second-order valence-electron chi connectivity index (χ2n) is 6.40. The molecule has 2 saturated heterocycles. The van der Waals surface area contributed by atoms with Crippen LogP contribution in [0.4, 0.5) is 4.79 Å². The molecule has 4 rings (SSSR count). The van der Waals surface area contributed by atoms with Gasteiger partial charge in [-0.2, -0.15) is 4.98 Å². The van der Waals surface area contributed by atoms with Gasteiger partial charge in [0.05, 0.1) is 18.7 Å². The predicted octanol–water partition coefficient (Wildman–Crippen LogP) is 1.93. The molecule has 2 amide bonds. The summed E-state index contributed by atoms with van der Waals surface area (Å²) in [4.78, 5) is 25.0. The molecule has 0 unspecified atom stereocenters. The number of amides is 2. The van der Waals surface area contributed by atoms with Gasteiger partial charge in [-0.25, -0.2) is 9.78 Å². The molecule has 3 heterocycles. The normalized spacial score (nSPS) is 19.2. The van der Waals surface area contributed by atoms with E-state index < -0.39 is 0 Å². The van der Waals surface area contributed by atoms with Crippen LogP contribution >= 0.6 is 0 Å². The first-order chi connectivity index (χ1) is 12.3. The third-order valence-electron chi connectivity index (χ3n) is 4.73. The molecule has 2 aliphatic rings. The smallest absolute Gasteiger partial charge is 0.320 e. The number of aromatic nitrogens is 2. The fourth-order valence-electron chi connectivity index (χ4n) is 3.28. The maximum atomic E-state index is 12.5. The molecule has 0 atom stereocenters. The van der Waals surface area contributed by atoms with Crippen molar-refractivity contribution in [3.05, 3.63) is 30.5 Å². The van der Waals surface area contributed by atoms with E-state index in [1.807, 2.05) is 34.1 Å². The number of rotatable bonds is 2. The Balaban J connectivity index is 1.32. The van der Waals surface area contributed by atoms with E-state index in [9.17, 15) is 4.79 Å². The number of para-hydroxylation sites is 1. The summed E-state index contributed by atoms with van der Waals surface area (Å²) in [6.07, 6.45) is 3.43. The summed E-state index contributed by atoms with van der Waals surface area (Å²) in [6.45, 7) is 4.03. The van der Waals surface area contributed by atoms with E-state index in [0.29, 0.717) is 45.4 Å². The lowest BCUT2D eigenvalue weighted by Gasteiger charge is -2.36. The summed E-state index contributed by atoms with van der Waals surface area (Å²) in [5, 5.41) is 1.00. The standard InChI is InChI=1S/C18H22N4O3/c23-18(22-9-11-24-12-10-22)21-7-5-15(6-8-21)25-17-19-13-14-3-1-2-4-16(14)20-17/h1-4,13,15H,5-12H2. The Labute approximate surface area is 146 Å². The van der Waals surface area contributed by atoms with Gasteiger partial charge in [-0.05, 0) is 6.07 Å². The molecule has 7 heteroatoms. The number of hydrogen-bond acceptors (Lipinski definition) is 5. The quantitative estimate of drug-likeness (QED) is 0.834. The highest BCUT2D eigenvalue weighted by atomic mass is 16.5. The lowest BCUT2D eigenvalue weighted by molar-refractivity contribution is 0.0354. The fraction of sp³-hybridized carbons (Fsp3) is 0.500. The highest BCUT2D eigenvalue weighted by molar-refractivity contribution is 5.77. The van der Waals surface area contributed by atoms with Crippen LogP contribution in [0.25, 0.3) is 10.9 Å². The van der Waals surface area contributed by atoms with E-state index in [-0.39, 0.29) is 12.1 Å².